The summed E-state index contributed by atoms with van der Waals surface area (Å²) in [6, 6.07) is 0. The van der Waals surface area contributed by atoms with Gasteiger partial charge in [0.2, 0.25) is 0 Å². The van der Waals surface area contributed by atoms with Gasteiger partial charge >= 0.3 is 0 Å². The Bertz CT molecular complexity index is 301. The molecule has 1 fully saturated rings. The van der Waals surface area contributed by atoms with Gasteiger partial charge in [0.05, 0.1) is 5.75 Å². The van der Waals surface area contributed by atoms with Gasteiger partial charge < -0.3 is 4.74 Å². The molecule has 1 unspecified atom stereocenters. The lowest BCUT2D eigenvalue weighted by Gasteiger charge is -2.05. The van der Waals surface area contributed by atoms with Crippen molar-refractivity contribution in [1.82, 2.24) is 0 Å². The zero-order chi connectivity index (χ0) is 11.3. The van der Waals surface area contributed by atoms with Crippen molar-refractivity contribution in [2.24, 2.45) is 5.92 Å². The molecule has 1 aliphatic rings. The first-order valence-corrected chi connectivity index (χ1v) is 7.30. The van der Waals surface area contributed by atoms with E-state index in [1.165, 1.54) is 6.26 Å². The topological polar surface area (TPSA) is 60.4 Å². The Balaban J connectivity index is 2.13. The maximum Gasteiger partial charge on any atom is 0.147 e. The van der Waals surface area contributed by atoms with Crippen LogP contribution >= 0.6 is 0 Å². The van der Waals surface area contributed by atoms with Gasteiger partial charge in [0.15, 0.2) is 0 Å². The van der Waals surface area contributed by atoms with Crippen LogP contribution in [0.3, 0.4) is 0 Å². The van der Waals surface area contributed by atoms with E-state index in [0.717, 1.165) is 13.0 Å². The average molecular weight is 234 g/mol. The minimum absolute atomic E-state index is 0.111. The van der Waals surface area contributed by atoms with Gasteiger partial charge in [-0.3, -0.25) is 4.79 Å². The van der Waals surface area contributed by atoms with Crippen molar-refractivity contribution in [2.45, 2.75) is 25.7 Å². The summed E-state index contributed by atoms with van der Waals surface area (Å²) in [7, 11) is -2.92. The fraction of sp³-hybridized carbons (Fsp3) is 0.900. The summed E-state index contributed by atoms with van der Waals surface area (Å²) in [6.45, 7) is 1.43. The predicted molar refractivity (Wildman–Crippen MR) is 57.5 cm³/mol. The Morgan fingerprint density at radius 2 is 2.20 bits per heavy atom. The molecule has 1 saturated heterocycles. The van der Waals surface area contributed by atoms with E-state index >= 15 is 0 Å². The van der Waals surface area contributed by atoms with Gasteiger partial charge in [-0.15, -0.1) is 0 Å². The molecule has 5 heteroatoms. The number of hydrogen-bond acceptors (Lipinski definition) is 4. The zero-order valence-corrected chi connectivity index (χ0v) is 9.88. The van der Waals surface area contributed by atoms with E-state index in [9.17, 15) is 13.2 Å². The van der Waals surface area contributed by atoms with Crippen LogP contribution in [0.2, 0.25) is 0 Å². The van der Waals surface area contributed by atoms with Crippen LogP contribution in [0, 0.1) is 5.92 Å². The lowest BCUT2D eigenvalue weighted by molar-refractivity contribution is -0.120. The second-order valence-corrected chi connectivity index (χ2v) is 6.47. The summed E-state index contributed by atoms with van der Waals surface area (Å²) < 4.78 is 26.8. The maximum atomic E-state index is 11.4. The Hall–Kier alpha value is -0.420. The molecule has 0 aliphatic carbocycles. The van der Waals surface area contributed by atoms with Crippen molar-refractivity contribution < 1.29 is 17.9 Å². The van der Waals surface area contributed by atoms with Crippen molar-refractivity contribution in [2.75, 3.05) is 25.2 Å². The van der Waals surface area contributed by atoms with Crippen molar-refractivity contribution >= 4 is 15.6 Å². The van der Waals surface area contributed by atoms with Crippen molar-refractivity contribution in [1.29, 1.82) is 0 Å². The van der Waals surface area contributed by atoms with Crippen molar-refractivity contribution in [3.8, 4) is 0 Å². The van der Waals surface area contributed by atoms with Gasteiger partial charge in [0.1, 0.15) is 15.6 Å². The monoisotopic (exact) mass is 234 g/mol. The highest BCUT2D eigenvalue weighted by Crippen LogP contribution is 2.17. The number of carbonyl (C=O) groups is 1. The van der Waals surface area contributed by atoms with Gasteiger partial charge in [0.25, 0.3) is 0 Å². The Labute approximate surface area is 90.9 Å². The molecule has 0 aromatic carbocycles. The third-order valence-corrected chi connectivity index (χ3v) is 3.54. The number of sulfone groups is 1. The molecule has 0 aromatic heterocycles. The van der Waals surface area contributed by atoms with Gasteiger partial charge in [-0.25, -0.2) is 8.42 Å². The molecule has 1 rings (SSSR count). The second kappa shape index (κ2) is 5.61. The van der Waals surface area contributed by atoms with Gasteiger partial charge in [0, 0.05) is 32.3 Å². The molecule has 0 N–H and O–H groups in total. The number of hydrogen-bond donors (Lipinski definition) is 0. The van der Waals surface area contributed by atoms with Crippen molar-refractivity contribution in [3.05, 3.63) is 0 Å². The van der Waals surface area contributed by atoms with Crippen LogP contribution in [0.4, 0.5) is 0 Å². The molecule has 15 heavy (non-hydrogen) atoms. The summed E-state index contributed by atoms with van der Waals surface area (Å²) in [4.78, 5) is 11.4. The SMILES string of the molecule is CS(=O)(=O)CCCC(=O)CC1CCOC1. The molecule has 1 atom stereocenters. The molecule has 0 amide bonds. The summed E-state index contributed by atoms with van der Waals surface area (Å²) in [5.74, 6) is 0.629. The highest BCUT2D eigenvalue weighted by molar-refractivity contribution is 7.90. The Morgan fingerprint density at radius 3 is 2.73 bits per heavy atom. The van der Waals surface area contributed by atoms with Gasteiger partial charge in [-0.05, 0) is 18.8 Å². The summed E-state index contributed by atoms with van der Waals surface area (Å²) in [6.07, 6.45) is 3.53. The number of Topliss-reactive ketones (excluding diaryl/α,β-unsaturated/α-hetero) is 1. The highest BCUT2D eigenvalue weighted by Gasteiger charge is 2.18. The molecule has 88 valence electrons. The van der Waals surface area contributed by atoms with E-state index in [4.69, 9.17) is 4.74 Å². The van der Waals surface area contributed by atoms with Gasteiger partial charge in [-0.2, -0.15) is 0 Å². The van der Waals surface area contributed by atoms with Gasteiger partial charge in [-0.1, -0.05) is 0 Å². The first kappa shape index (κ1) is 12.6. The Kier molecular flexibility index (Phi) is 4.73. The summed E-state index contributed by atoms with van der Waals surface area (Å²) >= 11 is 0. The van der Waals surface area contributed by atoms with E-state index in [0.29, 0.717) is 31.8 Å². The molecular weight excluding hydrogens is 216 g/mol. The minimum Gasteiger partial charge on any atom is -0.381 e. The first-order chi connectivity index (χ1) is 6.97. The van der Waals surface area contributed by atoms with Crippen LogP contribution in [0.25, 0.3) is 0 Å². The van der Waals surface area contributed by atoms with E-state index in [2.05, 4.69) is 0 Å². The van der Waals surface area contributed by atoms with E-state index < -0.39 is 9.84 Å². The molecule has 0 spiro atoms. The van der Waals surface area contributed by atoms with Crippen LogP contribution in [0.5, 0.6) is 0 Å². The van der Waals surface area contributed by atoms with Crippen LogP contribution < -0.4 is 0 Å². The molecule has 1 aliphatic heterocycles. The predicted octanol–water partition coefficient (Wildman–Crippen LogP) is 0.807. The fourth-order valence-corrected chi connectivity index (χ4v) is 2.37. The Morgan fingerprint density at radius 1 is 1.47 bits per heavy atom. The standard InChI is InChI=1S/C10H18O4S/c1-15(12,13)6-2-3-10(11)7-9-4-5-14-8-9/h9H,2-8H2,1H3. The van der Waals surface area contributed by atoms with E-state index in [1.54, 1.807) is 0 Å². The second-order valence-electron chi connectivity index (χ2n) is 4.21. The van der Waals surface area contributed by atoms with Crippen molar-refractivity contribution in [3.63, 3.8) is 0 Å². The molecule has 0 bridgehead atoms. The molecule has 1 heterocycles. The highest BCUT2D eigenvalue weighted by atomic mass is 32.2. The quantitative estimate of drug-likeness (QED) is 0.682. The lowest BCUT2D eigenvalue weighted by atomic mass is 10.00. The molecule has 4 nitrogen and oxygen atoms in total. The lowest BCUT2D eigenvalue weighted by Crippen LogP contribution is -2.10. The third kappa shape index (κ3) is 5.89. The summed E-state index contributed by atoms with van der Waals surface area (Å²) in [5.41, 5.74) is 0. The number of rotatable bonds is 6. The van der Waals surface area contributed by atoms with Crippen LogP contribution in [-0.2, 0) is 19.4 Å². The van der Waals surface area contributed by atoms with Crippen LogP contribution in [0.1, 0.15) is 25.7 Å². The summed E-state index contributed by atoms with van der Waals surface area (Å²) in [5, 5.41) is 0. The fourth-order valence-electron chi connectivity index (χ4n) is 1.70. The number of ketones is 1. The molecule has 0 aromatic rings. The third-order valence-electron chi connectivity index (χ3n) is 2.51. The molecule has 0 saturated carbocycles. The number of carbonyl (C=O) groups excluding carboxylic acids is 1. The van der Waals surface area contributed by atoms with Crippen LogP contribution in [0.15, 0.2) is 0 Å². The van der Waals surface area contributed by atoms with E-state index in [1.807, 2.05) is 0 Å². The molecular formula is C10H18O4S. The molecule has 0 radical (unpaired) electrons. The number of ether oxygens (including phenoxy) is 1. The smallest absolute Gasteiger partial charge is 0.147 e. The van der Waals surface area contributed by atoms with Crippen LogP contribution in [-0.4, -0.2) is 39.4 Å². The largest absolute Gasteiger partial charge is 0.381 e. The minimum atomic E-state index is -2.92. The normalized spacial score (nSPS) is 21.8. The zero-order valence-electron chi connectivity index (χ0n) is 9.07. The maximum absolute atomic E-state index is 11.4. The van der Waals surface area contributed by atoms with E-state index in [-0.39, 0.29) is 11.5 Å². The first-order valence-electron chi connectivity index (χ1n) is 5.24. The average Bonchev–Trinajstić information content (AvgIpc) is 2.54.